The van der Waals surface area contributed by atoms with Gasteiger partial charge in [0.05, 0.1) is 0 Å². The van der Waals surface area contributed by atoms with E-state index >= 15 is 0 Å². The first kappa shape index (κ1) is 9.24. The summed E-state index contributed by atoms with van der Waals surface area (Å²) in [7, 11) is 0. The summed E-state index contributed by atoms with van der Waals surface area (Å²) in [4.78, 5) is 14.7. The molecule has 1 rings (SSSR count). The lowest BCUT2D eigenvalue weighted by Gasteiger charge is -2.13. The molecule has 1 heterocycles. The molecule has 0 saturated carbocycles. The fourth-order valence-electron chi connectivity index (χ4n) is 0.761. The van der Waals surface area contributed by atoms with Gasteiger partial charge in [-0.3, -0.25) is 4.79 Å². The molecule has 0 spiro atoms. The second kappa shape index (κ2) is 3.70. The van der Waals surface area contributed by atoms with E-state index in [-0.39, 0.29) is 18.2 Å². The maximum Gasteiger partial charge on any atom is 0.296 e. The molecule has 2 N–H and O–H groups in total. The Hall–Kier alpha value is -1.85. The van der Waals surface area contributed by atoms with Gasteiger partial charge in [-0.1, -0.05) is 0 Å². The molecule has 6 heteroatoms. The van der Waals surface area contributed by atoms with Gasteiger partial charge in [0.2, 0.25) is 11.8 Å². The molecule has 0 aliphatic rings. The summed E-state index contributed by atoms with van der Waals surface area (Å²) in [6.45, 7) is 1.65. The average molecular weight is 187 g/mol. The first-order valence-electron chi connectivity index (χ1n) is 3.51. The highest BCUT2D eigenvalue weighted by molar-refractivity contribution is 5.37. The lowest BCUT2D eigenvalue weighted by Crippen LogP contribution is -2.23. The van der Waals surface area contributed by atoms with Gasteiger partial charge < -0.3 is 19.8 Å². The van der Waals surface area contributed by atoms with E-state index in [1.807, 2.05) is 0 Å². The second-order valence-corrected chi connectivity index (χ2v) is 2.25. The van der Waals surface area contributed by atoms with Gasteiger partial charge in [0.25, 0.3) is 12.8 Å². The molecule has 1 unspecified atom stereocenters. The predicted octanol–water partition coefficient (Wildman–Crippen LogP) is -0.153. The zero-order valence-corrected chi connectivity index (χ0v) is 6.88. The van der Waals surface area contributed by atoms with Crippen molar-refractivity contribution in [3.8, 4) is 11.8 Å². The normalized spacial score (nSPS) is 12.1. The summed E-state index contributed by atoms with van der Waals surface area (Å²) in [5, 5.41) is 18.2. The highest BCUT2D eigenvalue weighted by atomic mass is 16.8. The molecule has 0 bridgehead atoms. The Balaban J connectivity index is 2.67. The highest BCUT2D eigenvalue weighted by Crippen LogP contribution is 2.19. The van der Waals surface area contributed by atoms with E-state index in [0.29, 0.717) is 0 Å². The van der Waals surface area contributed by atoms with Crippen molar-refractivity contribution in [1.82, 2.24) is 4.73 Å². The van der Waals surface area contributed by atoms with Crippen LogP contribution >= 0.6 is 0 Å². The van der Waals surface area contributed by atoms with Crippen LogP contribution in [0.4, 0.5) is 0 Å². The van der Waals surface area contributed by atoms with Crippen LogP contribution in [0.2, 0.25) is 0 Å². The molecule has 1 atom stereocenters. The zero-order valence-electron chi connectivity index (χ0n) is 6.88. The number of carbonyl (C=O) groups is 1. The van der Waals surface area contributed by atoms with Crippen LogP contribution in [0.25, 0.3) is 0 Å². The minimum absolute atomic E-state index is 0.211. The van der Waals surface area contributed by atoms with Gasteiger partial charge in [-0.05, 0) is 0 Å². The van der Waals surface area contributed by atoms with Gasteiger partial charge in [-0.2, -0.15) is 0 Å². The fourth-order valence-corrected chi connectivity index (χ4v) is 0.761. The van der Waals surface area contributed by atoms with Gasteiger partial charge in [0, 0.05) is 19.1 Å². The van der Waals surface area contributed by atoms with E-state index in [1.165, 1.54) is 19.1 Å². The van der Waals surface area contributed by atoms with Gasteiger partial charge in [-0.15, -0.1) is 4.73 Å². The maximum atomic E-state index is 9.88. The molecule has 6 nitrogen and oxygen atoms in total. The van der Waals surface area contributed by atoms with E-state index in [2.05, 4.69) is 4.74 Å². The molecular formula is C7H9NO5. The van der Waals surface area contributed by atoms with Gasteiger partial charge in [-0.25, -0.2) is 0 Å². The molecule has 1 aromatic heterocycles. The van der Waals surface area contributed by atoms with Crippen molar-refractivity contribution in [1.29, 1.82) is 0 Å². The molecule has 0 aliphatic heterocycles. The van der Waals surface area contributed by atoms with Crippen molar-refractivity contribution in [2.24, 2.45) is 0 Å². The molecule has 0 amide bonds. The van der Waals surface area contributed by atoms with Crippen molar-refractivity contribution < 1.29 is 24.6 Å². The number of rotatable bonds is 4. The number of carbonyl (C=O) groups excluding carboxylic acids is 1. The summed E-state index contributed by atoms with van der Waals surface area (Å²) in [5.41, 5.74) is 0. The average Bonchev–Trinajstić information content (AvgIpc) is 2.36. The minimum atomic E-state index is -0.887. The number of aromatic hydroxyl groups is 2. The van der Waals surface area contributed by atoms with Crippen LogP contribution in [-0.2, 0) is 9.53 Å². The quantitative estimate of drug-likeness (QED) is 0.506. The van der Waals surface area contributed by atoms with Crippen LogP contribution < -0.4 is 4.84 Å². The van der Waals surface area contributed by atoms with Crippen molar-refractivity contribution in [2.75, 3.05) is 0 Å². The van der Waals surface area contributed by atoms with Gasteiger partial charge >= 0.3 is 0 Å². The summed E-state index contributed by atoms with van der Waals surface area (Å²) >= 11 is 0. The fraction of sp³-hybridized carbons (Fsp3) is 0.286. The van der Waals surface area contributed by atoms with Gasteiger partial charge in [0.1, 0.15) is 0 Å². The Kier molecular flexibility index (Phi) is 2.63. The van der Waals surface area contributed by atoms with Crippen LogP contribution in [0.1, 0.15) is 6.92 Å². The van der Waals surface area contributed by atoms with Crippen molar-refractivity contribution in [3.63, 3.8) is 0 Å². The van der Waals surface area contributed by atoms with Gasteiger partial charge in [0.15, 0.2) is 0 Å². The number of nitrogens with zero attached hydrogens (tertiary/aromatic N) is 1. The predicted molar refractivity (Wildman–Crippen MR) is 41.0 cm³/mol. The molecule has 1 aromatic rings. The summed E-state index contributed by atoms with van der Waals surface area (Å²) in [6, 6.07) is 2.48. The maximum absolute atomic E-state index is 9.88. The SMILES string of the molecule is CC(OC=O)On1c(O)ccc1O. The number of hydrogen-bond donors (Lipinski definition) is 2. The Bertz CT molecular complexity index is 276. The third-order valence-corrected chi connectivity index (χ3v) is 1.30. The second-order valence-electron chi connectivity index (χ2n) is 2.25. The van der Waals surface area contributed by atoms with Crippen LogP contribution in [0, 0.1) is 0 Å². The molecular weight excluding hydrogens is 178 g/mol. The molecule has 0 fully saturated rings. The lowest BCUT2D eigenvalue weighted by molar-refractivity contribution is -0.162. The first-order valence-corrected chi connectivity index (χ1v) is 3.51. The Morgan fingerprint density at radius 3 is 2.46 bits per heavy atom. The summed E-state index contributed by atoms with van der Waals surface area (Å²) in [6.07, 6.45) is -0.887. The van der Waals surface area contributed by atoms with Crippen LogP contribution in [-0.4, -0.2) is 27.7 Å². The third kappa shape index (κ3) is 2.05. The van der Waals surface area contributed by atoms with Crippen LogP contribution in [0.15, 0.2) is 12.1 Å². The molecule has 0 saturated heterocycles. The van der Waals surface area contributed by atoms with Crippen LogP contribution in [0.3, 0.4) is 0 Å². The van der Waals surface area contributed by atoms with Crippen molar-refractivity contribution in [2.45, 2.75) is 13.2 Å². The molecule has 0 aromatic carbocycles. The molecule has 13 heavy (non-hydrogen) atoms. The summed E-state index contributed by atoms with van der Waals surface area (Å²) in [5.74, 6) is -0.558. The Labute approximate surface area is 73.9 Å². The number of ether oxygens (including phenoxy) is 1. The number of hydrogen-bond acceptors (Lipinski definition) is 5. The number of aromatic nitrogens is 1. The van der Waals surface area contributed by atoms with E-state index in [4.69, 9.17) is 15.1 Å². The smallest absolute Gasteiger partial charge is 0.296 e. The molecule has 0 aliphatic carbocycles. The zero-order chi connectivity index (χ0) is 9.84. The van der Waals surface area contributed by atoms with E-state index in [1.54, 1.807) is 0 Å². The largest absolute Gasteiger partial charge is 0.492 e. The van der Waals surface area contributed by atoms with E-state index < -0.39 is 6.29 Å². The van der Waals surface area contributed by atoms with Crippen molar-refractivity contribution in [3.05, 3.63) is 12.1 Å². The monoisotopic (exact) mass is 187 g/mol. The topological polar surface area (TPSA) is 80.9 Å². The summed E-state index contributed by atoms with van der Waals surface area (Å²) < 4.78 is 5.12. The minimum Gasteiger partial charge on any atom is -0.492 e. The Morgan fingerprint density at radius 1 is 1.46 bits per heavy atom. The van der Waals surface area contributed by atoms with Crippen LogP contribution in [0.5, 0.6) is 11.8 Å². The van der Waals surface area contributed by atoms with E-state index in [0.717, 1.165) is 4.73 Å². The molecule has 72 valence electrons. The van der Waals surface area contributed by atoms with E-state index in [9.17, 15) is 4.79 Å². The van der Waals surface area contributed by atoms with Crippen molar-refractivity contribution >= 4 is 6.47 Å². The Morgan fingerprint density at radius 2 is 2.00 bits per heavy atom. The standard InChI is InChI=1S/C7H9NO5/c1-5(12-4-9)13-8-6(10)2-3-7(8)11/h2-5,10-11H,1H3. The lowest BCUT2D eigenvalue weighted by atomic mass is 10.6. The third-order valence-electron chi connectivity index (χ3n) is 1.30. The molecule has 0 radical (unpaired) electrons. The highest BCUT2D eigenvalue weighted by Gasteiger charge is 2.10. The first-order chi connectivity index (χ1) is 6.15.